The molecule has 14 nitrogen and oxygen atoms in total. The predicted molar refractivity (Wildman–Crippen MR) is 177 cm³/mol. The molecular weight excluding hydrogens is 610 g/mol. The van der Waals surface area contributed by atoms with E-state index in [9.17, 15) is 38.7 Å². The second-order valence-electron chi connectivity index (χ2n) is 12.3. The fourth-order valence-electron chi connectivity index (χ4n) is 4.99. The van der Waals surface area contributed by atoms with E-state index in [0.29, 0.717) is 32.2 Å². The number of Topliss-reactive ketones (excluding diaryl/α,β-unsaturated/α-hetero) is 1. The summed E-state index contributed by atoms with van der Waals surface area (Å²) in [6.45, 7) is 1.45. The van der Waals surface area contributed by atoms with Crippen molar-refractivity contribution in [1.82, 2.24) is 20.9 Å². The maximum atomic E-state index is 12.2. The van der Waals surface area contributed by atoms with Crippen LogP contribution in [0, 0.1) is 0 Å². The Labute approximate surface area is 279 Å². The lowest BCUT2D eigenvalue weighted by molar-refractivity contribution is -0.142. The van der Waals surface area contributed by atoms with Gasteiger partial charge in [0.15, 0.2) is 0 Å². The van der Waals surface area contributed by atoms with Crippen molar-refractivity contribution in [3.63, 3.8) is 0 Å². The van der Waals surface area contributed by atoms with Gasteiger partial charge in [-0.1, -0.05) is 64.2 Å². The van der Waals surface area contributed by atoms with Crippen molar-refractivity contribution in [1.29, 1.82) is 0 Å². The van der Waals surface area contributed by atoms with E-state index >= 15 is 0 Å². The Bertz CT molecular complexity index is 976. The van der Waals surface area contributed by atoms with Crippen molar-refractivity contribution in [2.75, 3.05) is 26.7 Å². The van der Waals surface area contributed by atoms with Crippen LogP contribution in [-0.2, 0) is 33.6 Å². The van der Waals surface area contributed by atoms with Gasteiger partial charge in [-0.25, -0.2) is 4.79 Å². The number of nitrogens with zero attached hydrogens (tertiary/aromatic N) is 1. The van der Waals surface area contributed by atoms with Gasteiger partial charge < -0.3 is 36.8 Å². The number of carbonyl (C=O) groups excluding carboxylic acids is 5. The summed E-state index contributed by atoms with van der Waals surface area (Å²) in [5, 5.41) is 25.7. The van der Waals surface area contributed by atoms with E-state index in [1.165, 1.54) is 31.7 Å². The third-order valence-corrected chi connectivity index (χ3v) is 7.70. The molecule has 0 saturated carbocycles. The number of nitrogens with one attached hydrogen (secondary N) is 3. The first kappa shape index (κ1) is 43.5. The van der Waals surface area contributed by atoms with Crippen LogP contribution in [-0.4, -0.2) is 95.2 Å². The second kappa shape index (κ2) is 27.6. The number of nitrogens with two attached hydrogens (primary N) is 1. The van der Waals surface area contributed by atoms with Crippen molar-refractivity contribution in [2.45, 2.75) is 141 Å². The van der Waals surface area contributed by atoms with E-state index in [0.717, 1.165) is 57.8 Å². The number of amides is 4. The second-order valence-corrected chi connectivity index (χ2v) is 12.3. The molecule has 0 rings (SSSR count). The van der Waals surface area contributed by atoms with Crippen LogP contribution in [0.1, 0.15) is 129 Å². The van der Waals surface area contributed by atoms with Gasteiger partial charge in [0.05, 0.1) is 19.1 Å². The first-order chi connectivity index (χ1) is 22.3. The van der Waals surface area contributed by atoms with Gasteiger partial charge in [0.25, 0.3) is 0 Å². The molecule has 0 radical (unpaired) electrons. The Balaban J connectivity index is 3.93. The minimum absolute atomic E-state index is 0.00500. The highest BCUT2D eigenvalue weighted by Crippen LogP contribution is 2.13. The minimum Gasteiger partial charge on any atom is -0.481 e. The summed E-state index contributed by atoms with van der Waals surface area (Å²) in [7, 11) is 1.52. The van der Waals surface area contributed by atoms with Gasteiger partial charge >= 0.3 is 11.9 Å². The van der Waals surface area contributed by atoms with E-state index in [1.807, 2.05) is 0 Å². The third kappa shape index (κ3) is 26.2. The lowest BCUT2D eigenvalue weighted by Crippen LogP contribution is -2.43. The summed E-state index contributed by atoms with van der Waals surface area (Å²) in [4.78, 5) is 83.0. The van der Waals surface area contributed by atoms with E-state index in [2.05, 4.69) is 16.0 Å². The molecule has 47 heavy (non-hydrogen) atoms. The Morgan fingerprint density at radius 3 is 1.68 bits per heavy atom. The maximum Gasteiger partial charge on any atom is 0.326 e. The molecule has 0 bridgehead atoms. The Kier molecular flexibility index (Phi) is 25.5. The first-order valence-electron chi connectivity index (χ1n) is 17.1. The van der Waals surface area contributed by atoms with E-state index in [4.69, 9.17) is 10.8 Å². The monoisotopic (exact) mass is 669 g/mol. The lowest BCUT2D eigenvalue weighted by Gasteiger charge is -2.20. The van der Waals surface area contributed by atoms with Gasteiger partial charge in [0.2, 0.25) is 23.6 Å². The minimum atomic E-state index is -1.23. The summed E-state index contributed by atoms with van der Waals surface area (Å²) in [6, 6.07) is -1.92. The number of carbonyl (C=O) groups is 7. The van der Waals surface area contributed by atoms with Gasteiger partial charge in [-0.3, -0.25) is 28.8 Å². The van der Waals surface area contributed by atoms with Crippen LogP contribution >= 0.6 is 0 Å². The number of carboxylic acids is 2. The quantitative estimate of drug-likeness (QED) is 0.0613. The highest BCUT2D eigenvalue weighted by Gasteiger charge is 2.21. The summed E-state index contributed by atoms with van der Waals surface area (Å²) >= 11 is 0. The van der Waals surface area contributed by atoms with Crippen LogP contribution in [0.15, 0.2) is 0 Å². The topological polar surface area (TPSA) is 225 Å². The van der Waals surface area contributed by atoms with E-state index < -0.39 is 35.8 Å². The smallest absolute Gasteiger partial charge is 0.326 e. The number of ketones is 1. The summed E-state index contributed by atoms with van der Waals surface area (Å²) < 4.78 is 0. The molecule has 0 aromatic rings. The zero-order valence-electron chi connectivity index (χ0n) is 28.5. The van der Waals surface area contributed by atoms with Gasteiger partial charge in [-0.2, -0.15) is 0 Å². The highest BCUT2D eigenvalue weighted by molar-refractivity contribution is 5.87. The predicted octanol–water partition coefficient (Wildman–Crippen LogP) is 2.66. The number of aliphatic carboxylic acids is 2. The number of likely N-dealkylation sites (N-methyl/N-ethyl adjacent to an activating group) is 1. The number of carboxylic acid groups (broad SMARTS) is 2. The van der Waals surface area contributed by atoms with Gasteiger partial charge in [0.1, 0.15) is 11.8 Å². The van der Waals surface area contributed by atoms with Crippen molar-refractivity contribution in [2.24, 2.45) is 5.73 Å². The molecule has 0 spiro atoms. The molecule has 270 valence electrons. The van der Waals surface area contributed by atoms with Crippen molar-refractivity contribution >= 4 is 41.4 Å². The molecule has 4 amide bonds. The molecule has 7 N–H and O–H groups in total. The third-order valence-electron chi connectivity index (χ3n) is 7.70. The number of hydrogen-bond acceptors (Lipinski definition) is 8. The number of unbranched alkanes of at least 4 members (excludes halogenated alkanes) is 12. The van der Waals surface area contributed by atoms with Crippen molar-refractivity contribution < 1.29 is 43.8 Å². The molecule has 0 aliphatic rings. The molecule has 0 heterocycles. The molecule has 0 aliphatic heterocycles. The summed E-state index contributed by atoms with van der Waals surface area (Å²) in [6.07, 6.45) is 14.0. The molecule has 2 unspecified atom stereocenters. The normalized spacial score (nSPS) is 12.1. The fourth-order valence-corrected chi connectivity index (χ4v) is 4.99. The van der Waals surface area contributed by atoms with Gasteiger partial charge in [0, 0.05) is 32.9 Å². The maximum absolute atomic E-state index is 12.2. The summed E-state index contributed by atoms with van der Waals surface area (Å²) in [5.41, 5.74) is 5.87. The molecule has 0 aromatic carbocycles. The van der Waals surface area contributed by atoms with Gasteiger partial charge in [-0.05, 0) is 45.4 Å². The zero-order valence-corrected chi connectivity index (χ0v) is 28.5. The SMILES string of the molecule is CC(=O)CN(C)C(=O)C(N)CCCCNC(=O)CNC(=O)CCC(NC(=O)CCCCCCCCCCCCCCC(=O)O)C(=O)O. The zero-order chi connectivity index (χ0) is 35.5. The van der Waals surface area contributed by atoms with Crippen molar-refractivity contribution in [3.05, 3.63) is 0 Å². The average Bonchev–Trinajstić information content (AvgIpc) is 3.00. The van der Waals surface area contributed by atoms with Crippen LogP contribution in [0.25, 0.3) is 0 Å². The van der Waals surface area contributed by atoms with E-state index in [1.54, 1.807) is 0 Å². The van der Waals surface area contributed by atoms with Crippen LogP contribution in [0.4, 0.5) is 0 Å². The largest absolute Gasteiger partial charge is 0.481 e. The molecule has 0 saturated heterocycles. The fraction of sp³-hybridized carbons (Fsp3) is 0.788. The number of rotatable bonds is 30. The van der Waals surface area contributed by atoms with E-state index in [-0.39, 0.29) is 56.4 Å². The van der Waals surface area contributed by atoms with Crippen LogP contribution in [0.5, 0.6) is 0 Å². The summed E-state index contributed by atoms with van der Waals surface area (Å²) in [5.74, 6) is -3.69. The Hall–Kier alpha value is -3.55. The van der Waals surface area contributed by atoms with Crippen LogP contribution in [0.3, 0.4) is 0 Å². The highest BCUT2D eigenvalue weighted by atomic mass is 16.4. The van der Waals surface area contributed by atoms with Crippen molar-refractivity contribution in [3.8, 4) is 0 Å². The Morgan fingerprint density at radius 2 is 1.17 bits per heavy atom. The standard InChI is InChI=1S/C33H59N5O9/c1-25(39)24-38(2)32(45)26(34)17-15-16-22-35-30(42)23-36-28(40)21-20-27(33(46)47)37-29(41)18-13-11-9-7-5-3-4-6-8-10-12-14-19-31(43)44/h26-27H,3-24,34H2,1-2H3,(H,35,42)(H,36,40)(H,37,41)(H,43,44)(H,46,47). The molecule has 0 aromatic heterocycles. The number of hydrogen-bond donors (Lipinski definition) is 6. The molecule has 0 fully saturated rings. The Morgan fingerprint density at radius 1 is 0.638 bits per heavy atom. The first-order valence-corrected chi connectivity index (χ1v) is 17.1. The van der Waals surface area contributed by atoms with Crippen LogP contribution in [0.2, 0.25) is 0 Å². The van der Waals surface area contributed by atoms with Crippen LogP contribution < -0.4 is 21.7 Å². The average molecular weight is 670 g/mol. The lowest BCUT2D eigenvalue weighted by atomic mass is 10.0. The molecule has 2 atom stereocenters. The van der Waals surface area contributed by atoms with Gasteiger partial charge in [-0.15, -0.1) is 0 Å². The molecule has 14 heteroatoms. The molecular formula is C33H59N5O9. The molecule has 0 aliphatic carbocycles.